The zero-order valence-corrected chi connectivity index (χ0v) is 10.4. The summed E-state index contributed by atoms with van der Waals surface area (Å²) in [5.74, 6) is 0.633. The normalized spacial score (nSPS) is 34.9. The van der Waals surface area contributed by atoms with Crippen molar-refractivity contribution in [2.24, 2.45) is 17.1 Å². The first-order valence-electron chi connectivity index (χ1n) is 6.13. The molecular formula is C12H25NO3. The molecule has 1 aliphatic rings. The minimum atomic E-state index is -0.641. The number of nitrogens with two attached hydrogens (primary N) is 1. The average molecular weight is 231 g/mol. The monoisotopic (exact) mass is 231 g/mol. The molecule has 1 fully saturated rings. The van der Waals surface area contributed by atoms with Crippen LogP contribution in [-0.2, 0) is 4.74 Å². The van der Waals surface area contributed by atoms with E-state index in [-0.39, 0.29) is 5.41 Å². The van der Waals surface area contributed by atoms with Gasteiger partial charge in [0.25, 0.3) is 0 Å². The first kappa shape index (κ1) is 13.9. The standard InChI is InChI=1S/C12H25NO3/c1-9(2)3-4-16-8-12(7-13)5-10(14)11(15)6-12/h9-11,14-15H,3-8,13H2,1-2H3/t10-,11+,12?. The zero-order chi connectivity index (χ0) is 12.2. The number of rotatable bonds is 6. The fourth-order valence-electron chi connectivity index (χ4n) is 2.19. The molecule has 0 heterocycles. The maximum Gasteiger partial charge on any atom is 0.0806 e. The van der Waals surface area contributed by atoms with E-state index in [0.717, 1.165) is 13.0 Å². The SMILES string of the molecule is CC(C)CCOCC1(CN)C[C@@H](O)[C@@H](O)C1. The van der Waals surface area contributed by atoms with Gasteiger partial charge in [0.2, 0.25) is 0 Å². The van der Waals surface area contributed by atoms with E-state index in [1.54, 1.807) is 0 Å². The van der Waals surface area contributed by atoms with Crippen LogP contribution in [0.5, 0.6) is 0 Å². The molecule has 0 aromatic rings. The highest BCUT2D eigenvalue weighted by atomic mass is 16.5. The first-order chi connectivity index (χ1) is 7.49. The number of hydrogen-bond acceptors (Lipinski definition) is 4. The second kappa shape index (κ2) is 5.96. The largest absolute Gasteiger partial charge is 0.390 e. The Kier molecular flexibility index (Phi) is 5.18. The van der Waals surface area contributed by atoms with Crippen LogP contribution in [-0.4, -0.2) is 42.2 Å². The van der Waals surface area contributed by atoms with Crippen molar-refractivity contribution in [1.29, 1.82) is 0 Å². The van der Waals surface area contributed by atoms with Crippen LogP contribution in [0.4, 0.5) is 0 Å². The van der Waals surface area contributed by atoms with Crippen LogP contribution >= 0.6 is 0 Å². The fourth-order valence-corrected chi connectivity index (χ4v) is 2.19. The minimum Gasteiger partial charge on any atom is -0.390 e. The Morgan fingerprint density at radius 2 is 1.88 bits per heavy atom. The molecule has 0 aromatic heterocycles. The van der Waals surface area contributed by atoms with Crippen molar-refractivity contribution in [1.82, 2.24) is 0 Å². The highest BCUT2D eigenvalue weighted by molar-refractivity contribution is 4.95. The van der Waals surface area contributed by atoms with Crippen LogP contribution in [0.1, 0.15) is 33.1 Å². The van der Waals surface area contributed by atoms with Gasteiger partial charge in [0.05, 0.1) is 18.8 Å². The summed E-state index contributed by atoms with van der Waals surface area (Å²) in [6.45, 7) is 6.05. The second-order valence-corrected chi connectivity index (χ2v) is 5.48. The molecule has 4 heteroatoms. The summed E-state index contributed by atoms with van der Waals surface area (Å²) in [7, 11) is 0. The van der Waals surface area contributed by atoms with Gasteiger partial charge in [-0.3, -0.25) is 0 Å². The maximum atomic E-state index is 9.55. The zero-order valence-electron chi connectivity index (χ0n) is 10.4. The molecule has 0 radical (unpaired) electrons. The van der Waals surface area contributed by atoms with Crippen LogP contribution in [0.15, 0.2) is 0 Å². The summed E-state index contributed by atoms with van der Waals surface area (Å²) in [6, 6.07) is 0. The minimum absolute atomic E-state index is 0.226. The summed E-state index contributed by atoms with van der Waals surface area (Å²) in [4.78, 5) is 0. The number of aliphatic hydroxyl groups is 2. The quantitative estimate of drug-likeness (QED) is 0.582. The van der Waals surface area contributed by atoms with E-state index < -0.39 is 12.2 Å². The molecule has 16 heavy (non-hydrogen) atoms. The number of aliphatic hydroxyl groups excluding tert-OH is 2. The van der Waals surface area contributed by atoms with Crippen LogP contribution in [0, 0.1) is 11.3 Å². The van der Waals surface area contributed by atoms with Crippen LogP contribution in [0.3, 0.4) is 0 Å². The van der Waals surface area contributed by atoms with Gasteiger partial charge in [0.15, 0.2) is 0 Å². The van der Waals surface area contributed by atoms with Gasteiger partial charge in [-0.2, -0.15) is 0 Å². The summed E-state index contributed by atoms with van der Waals surface area (Å²) >= 11 is 0. The predicted molar refractivity (Wildman–Crippen MR) is 63.0 cm³/mol. The highest BCUT2D eigenvalue weighted by Gasteiger charge is 2.43. The van der Waals surface area contributed by atoms with Crippen molar-refractivity contribution in [3.05, 3.63) is 0 Å². The van der Waals surface area contributed by atoms with Gasteiger partial charge < -0.3 is 20.7 Å². The molecule has 0 spiro atoms. The summed E-state index contributed by atoms with van der Waals surface area (Å²) in [6.07, 6.45) is 0.847. The van der Waals surface area contributed by atoms with E-state index in [9.17, 15) is 10.2 Å². The first-order valence-corrected chi connectivity index (χ1v) is 6.13. The van der Waals surface area contributed by atoms with Crippen molar-refractivity contribution < 1.29 is 14.9 Å². The molecule has 3 atom stereocenters. The maximum absolute atomic E-state index is 9.55. The van der Waals surface area contributed by atoms with E-state index in [1.165, 1.54) is 0 Å². The topological polar surface area (TPSA) is 75.7 Å². The van der Waals surface area contributed by atoms with Crippen LogP contribution in [0.25, 0.3) is 0 Å². The Balaban J connectivity index is 2.32. The predicted octanol–water partition coefficient (Wildman–Crippen LogP) is 0.510. The Hall–Kier alpha value is -0.160. The summed E-state index contributed by atoms with van der Waals surface area (Å²) < 4.78 is 5.62. The van der Waals surface area contributed by atoms with Crippen molar-refractivity contribution in [3.8, 4) is 0 Å². The van der Waals surface area contributed by atoms with E-state index in [2.05, 4.69) is 13.8 Å². The lowest BCUT2D eigenvalue weighted by atomic mass is 9.87. The molecule has 1 unspecified atom stereocenters. The Morgan fingerprint density at radius 3 is 2.31 bits per heavy atom. The lowest BCUT2D eigenvalue weighted by molar-refractivity contribution is 0.0370. The van der Waals surface area contributed by atoms with E-state index in [0.29, 0.717) is 31.9 Å². The number of hydrogen-bond donors (Lipinski definition) is 3. The van der Waals surface area contributed by atoms with E-state index in [1.807, 2.05) is 0 Å². The molecule has 1 rings (SSSR count). The summed E-state index contributed by atoms with van der Waals surface area (Å²) in [5.41, 5.74) is 5.51. The van der Waals surface area contributed by atoms with Gasteiger partial charge in [-0.15, -0.1) is 0 Å². The molecule has 0 aromatic carbocycles. The third-order valence-corrected chi connectivity index (χ3v) is 3.41. The third kappa shape index (κ3) is 3.70. The molecule has 1 aliphatic carbocycles. The Morgan fingerprint density at radius 1 is 1.31 bits per heavy atom. The Labute approximate surface area is 97.8 Å². The highest BCUT2D eigenvalue weighted by Crippen LogP contribution is 2.37. The lowest BCUT2D eigenvalue weighted by Crippen LogP contribution is -2.34. The average Bonchev–Trinajstić information content (AvgIpc) is 2.51. The van der Waals surface area contributed by atoms with Gasteiger partial charge >= 0.3 is 0 Å². The number of ether oxygens (including phenoxy) is 1. The smallest absolute Gasteiger partial charge is 0.0806 e. The molecule has 1 saturated carbocycles. The molecule has 96 valence electrons. The molecule has 0 bridgehead atoms. The van der Waals surface area contributed by atoms with Gasteiger partial charge in [-0.25, -0.2) is 0 Å². The second-order valence-electron chi connectivity index (χ2n) is 5.48. The van der Waals surface area contributed by atoms with Gasteiger partial charge in [-0.05, 0) is 25.2 Å². The van der Waals surface area contributed by atoms with Crippen LogP contribution in [0.2, 0.25) is 0 Å². The van der Waals surface area contributed by atoms with E-state index in [4.69, 9.17) is 10.5 Å². The molecule has 0 saturated heterocycles. The molecular weight excluding hydrogens is 206 g/mol. The van der Waals surface area contributed by atoms with Crippen molar-refractivity contribution in [2.45, 2.75) is 45.3 Å². The third-order valence-electron chi connectivity index (χ3n) is 3.41. The fraction of sp³-hybridized carbons (Fsp3) is 1.00. The Bertz CT molecular complexity index is 198. The van der Waals surface area contributed by atoms with Gasteiger partial charge in [-0.1, -0.05) is 13.8 Å². The van der Waals surface area contributed by atoms with Crippen molar-refractivity contribution >= 4 is 0 Å². The van der Waals surface area contributed by atoms with Gasteiger partial charge in [0, 0.05) is 18.6 Å². The van der Waals surface area contributed by atoms with Crippen molar-refractivity contribution in [3.63, 3.8) is 0 Å². The lowest BCUT2D eigenvalue weighted by Gasteiger charge is -2.27. The van der Waals surface area contributed by atoms with Gasteiger partial charge in [0.1, 0.15) is 0 Å². The van der Waals surface area contributed by atoms with E-state index >= 15 is 0 Å². The molecule has 4 N–H and O–H groups in total. The van der Waals surface area contributed by atoms with Crippen LogP contribution < -0.4 is 5.73 Å². The van der Waals surface area contributed by atoms with Crippen molar-refractivity contribution in [2.75, 3.05) is 19.8 Å². The molecule has 0 amide bonds. The molecule has 4 nitrogen and oxygen atoms in total. The molecule has 0 aliphatic heterocycles. The summed E-state index contributed by atoms with van der Waals surface area (Å²) in [5, 5.41) is 19.1.